The van der Waals surface area contributed by atoms with Crippen LogP contribution in [0.4, 0.5) is 21.8 Å². The van der Waals surface area contributed by atoms with Crippen LogP contribution in [0.5, 0.6) is 0 Å². The van der Waals surface area contributed by atoms with Crippen molar-refractivity contribution in [2.45, 2.75) is 20.8 Å². The Labute approximate surface area is 118 Å². The lowest BCUT2D eigenvalue weighted by Crippen LogP contribution is -2.24. The lowest BCUT2D eigenvalue weighted by atomic mass is 10.3. The van der Waals surface area contributed by atoms with E-state index >= 15 is 0 Å². The van der Waals surface area contributed by atoms with Crippen LogP contribution in [0, 0.1) is 12.7 Å². The van der Waals surface area contributed by atoms with Gasteiger partial charge in [0, 0.05) is 30.5 Å². The summed E-state index contributed by atoms with van der Waals surface area (Å²) in [6.07, 6.45) is 0. The largest absolute Gasteiger partial charge is 0.341 e. The average Bonchev–Trinajstić information content (AvgIpc) is 2.39. The summed E-state index contributed by atoms with van der Waals surface area (Å²) in [6, 6.07) is 8.17. The Morgan fingerprint density at radius 1 is 1.15 bits per heavy atom. The van der Waals surface area contributed by atoms with E-state index in [0.717, 1.165) is 18.8 Å². The zero-order valence-corrected chi connectivity index (χ0v) is 12.0. The van der Waals surface area contributed by atoms with Gasteiger partial charge in [0.2, 0.25) is 5.95 Å². The van der Waals surface area contributed by atoms with Crippen LogP contribution < -0.4 is 10.2 Å². The molecule has 0 aliphatic rings. The Morgan fingerprint density at radius 3 is 2.55 bits per heavy atom. The molecule has 0 aliphatic carbocycles. The van der Waals surface area contributed by atoms with Crippen LogP contribution in [0.1, 0.15) is 19.5 Å². The fourth-order valence-corrected chi connectivity index (χ4v) is 1.98. The van der Waals surface area contributed by atoms with Gasteiger partial charge in [0.25, 0.3) is 0 Å². The fraction of sp³-hybridized carbons (Fsp3) is 0.333. The molecule has 106 valence electrons. The molecule has 0 fully saturated rings. The van der Waals surface area contributed by atoms with Gasteiger partial charge in [-0.25, -0.2) is 9.37 Å². The zero-order chi connectivity index (χ0) is 14.5. The van der Waals surface area contributed by atoms with Crippen LogP contribution in [-0.4, -0.2) is 23.1 Å². The van der Waals surface area contributed by atoms with Gasteiger partial charge in [-0.1, -0.05) is 6.07 Å². The summed E-state index contributed by atoms with van der Waals surface area (Å²) in [7, 11) is 0. The first-order valence-corrected chi connectivity index (χ1v) is 6.75. The van der Waals surface area contributed by atoms with E-state index in [4.69, 9.17) is 0 Å². The molecule has 0 atom stereocenters. The molecule has 4 nitrogen and oxygen atoms in total. The minimum atomic E-state index is -0.273. The third-order valence-electron chi connectivity index (χ3n) is 2.99. The minimum Gasteiger partial charge on any atom is -0.341 e. The van der Waals surface area contributed by atoms with Gasteiger partial charge >= 0.3 is 0 Å². The summed E-state index contributed by atoms with van der Waals surface area (Å²) >= 11 is 0. The lowest BCUT2D eigenvalue weighted by Gasteiger charge is -2.19. The van der Waals surface area contributed by atoms with Crippen molar-refractivity contribution in [2.75, 3.05) is 23.3 Å². The Bertz CT molecular complexity index is 582. The van der Waals surface area contributed by atoms with Gasteiger partial charge in [0.05, 0.1) is 0 Å². The molecule has 20 heavy (non-hydrogen) atoms. The van der Waals surface area contributed by atoms with Crippen molar-refractivity contribution in [2.24, 2.45) is 0 Å². The van der Waals surface area contributed by atoms with Gasteiger partial charge in [-0.15, -0.1) is 0 Å². The number of aryl methyl sites for hydroxylation is 1. The highest BCUT2D eigenvalue weighted by Crippen LogP contribution is 2.19. The maximum absolute atomic E-state index is 13.2. The number of nitrogens with one attached hydrogen (secondary N) is 1. The van der Waals surface area contributed by atoms with Gasteiger partial charge in [-0.05, 0) is 39.0 Å². The van der Waals surface area contributed by atoms with E-state index in [1.54, 1.807) is 12.1 Å². The molecule has 2 rings (SSSR count). The molecule has 5 heteroatoms. The van der Waals surface area contributed by atoms with Crippen molar-refractivity contribution in [1.29, 1.82) is 0 Å². The molecule has 0 radical (unpaired) electrons. The van der Waals surface area contributed by atoms with E-state index in [2.05, 4.69) is 34.0 Å². The van der Waals surface area contributed by atoms with E-state index < -0.39 is 0 Å². The van der Waals surface area contributed by atoms with E-state index in [9.17, 15) is 4.39 Å². The first-order chi connectivity index (χ1) is 9.62. The smallest absolute Gasteiger partial charge is 0.227 e. The molecule has 1 aromatic carbocycles. The normalized spacial score (nSPS) is 10.4. The number of nitrogens with zero attached hydrogens (tertiary/aromatic N) is 3. The van der Waals surface area contributed by atoms with Gasteiger partial charge in [-0.2, -0.15) is 4.98 Å². The summed E-state index contributed by atoms with van der Waals surface area (Å²) in [5, 5.41) is 3.11. The second-order valence-corrected chi connectivity index (χ2v) is 4.50. The summed E-state index contributed by atoms with van der Waals surface area (Å²) in [5.74, 6) is 1.09. The van der Waals surface area contributed by atoms with Crippen LogP contribution in [0.3, 0.4) is 0 Å². The van der Waals surface area contributed by atoms with Gasteiger partial charge in [-0.3, -0.25) is 0 Å². The van der Waals surface area contributed by atoms with E-state index in [-0.39, 0.29) is 5.82 Å². The topological polar surface area (TPSA) is 41.1 Å². The number of benzene rings is 1. The summed E-state index contributed by atoms with van der Waals surface area (Å²) in [6.45, 7) is 7.74. The van der Waals surface area contributed by atoms with Gasteiger partial charge in [0.15, 0.2) is 0 Å². The van der Waals surface area contributed by atoms with Crippen molar-refractivity contribution < 1.29 is 4.39 Å². The van der Waals surface area contributed by atoms with Crippen LogP contribution in [0.25, 0.3) is 0 Å². The SMILES string of the molecule is CCN(CC)c1nc(C)cc(Nc2cccc(F)c2)n1. The number of anilines is 3. The number of aromatic nitrogens is 2. The number of halogens is 1. The van der Waals surface area contributed by atoms with Gasteiger partial charge < -0.3 is 10.2 Å². The van der Waals surface area contributed by atoms with Crippen molar-refractivity contribution in [3.63, 3.8) is 0 Å². The van der Waals surface area contributed by atoms with Crippen LogP contribution in [0.15, 0.2) is 30.3 Å². The van der Waals surface area contributed by atoms with E-state index in [0.29, 0.717) is 17.5 Å². The molecule has 0 spiro atoms. The van der Waals surface area contributed by atoms with Crippen molar-refractivity contribution in [3.8, 4) is 0 Å². The molecule has 0 saturated carbocycles. The maximum Gasteiger partial charge on any atom is 0.227 e. The molecule has 0 aliphatic heterocycles. The molecule has 2 aromatic rings. The number of rotatable bonds is 5. The zero-order valence-electron chi connectivity index (χ0n) is 12.0. The monoisotopic (exact) mass is 274 g/mol. The van der Waals surface area contributed by atoms with Crippen molar-refractivity contribution in [3.05, 3.63) is 41.8 Å². The summed E-state index contributed by atoms with van der Waals surface area (Å²) in [5.41, 5.74) is 1.55. The van der Waals surface area contributed by atoms with Crippen molar-refractivity contribution in [1.82, 2.24) is 9.97 Å². The number of hydrogen-bond donors (Lipinski definition) is 1. The van der Waals surface area contributed by atoms with Gasteiger partial charge in [0.1, 0.15) is 11.6 Å². The van der Waals surface area contributed by atoms with E-state index in [1.807, 2.05) is 13.0 Å². The standard InChI is InChI=1S/C15H19FN4/c1-4-20(5-2)15-17-11(3)9-14(19-15)18-13-8-6-7-12(16)10-13/h6-10H,4-5H2,1-3H3,(H,17,18,19). The van der Waals surface area contributed by atoms with Crippen molar-refractivity contribution >= 4 is 17.5 Å². The minimum absolute atomic E-state index is 0.273. The first kappa shape index (κ1) is 14.2. The maximum atomic E-state index is 13.2. The lowest BCUT2D eigenvalue weighted by molar-refractivity contribution is 0.628. The molecule has 0 amide bonds. The highest BCUT2D eigenvalue weighted by Gasteiger charge is 2.08. The molecule has 1 heterocycles. The number of hydrogen-bond acceptors (Lipinski definition) is 4. The second kappa shape index (κ2) is 6.32. The molecule has 0 saturated heterocycles. The Balaban J connectivity index is 2.28. The third kappa shape index (κ3) is 3.44. The average molecular weight is 274 g/mol. The Morgan fingerprint density at radius 2 is 1.90 bits per heavy atom. The summed E-state index contributed by atoms with van der Waals surface area (Å²) in [4.78, 5) is 11.0. The highest BCUT2D eigenvalue weighted by molar-refractivity contribution is 5.57. The first-order valence-electron chi connectivity index (χ1n) is 6.75. The molecule has 0 bridgehead atoms. The van der Waals surface area contributed by atoms with Crippen LogP contribution in [0.2, 0.25) is 0 Å². The predicted octanol–water partition coefficient (Wildman–Crippen LogP) is 3.51. The van der Waals surface area contributed by atoms with Crippen LogP contribution in [-0.2, 0) is 0 Å². The molecule has 0 unspecified atom stereocenters. The van der Waals surface area contributed by atoms with Crippen LogP contribution >= 0.6 is 0 Å². The molecular weight excluding hydrogens is 255 g/mol. The highest BCUT2D eigenvalue weighted by atomic mass is 19.1. The Kier molecular flexibility index (Phi) is 4.50. The summed E-state index contributed by atoms with van der Waals surface area (Å²) < 4.78 is 13.2. The van der Waals surface area contributed by atoms with E-state index in [1.165, 1.54) is 12.1 Å². The Hall–Kier alpha value is -2.17. The molecular formula is C15H19FN4. The predicted molar refractivity (Wildman–Crippen MR) is 80.0 cm³/mol. The third-order valence-corrected chi connectivity index (χ3v) is 2.99. The molecule has 1 aromatic heterocycles. The second-order valence-electron chi connectivity index (χ2n) is 4.50. The molecule has 1 N–H and O–H groups in total. The quantitative estimate of drug-likeness (QED) is 0.905. The fourth-order valence-electron chi connectivity index (χ4n) is 1.98.